The molecule has 1 atom stereocenters. The van der Waals surface area contributed by atoms with Crippen LogP contribution in [0.15, 0.2) is 35.2 Å². The Morgan fingerprint density at radius 1 is 1.09 bits per heavy atom. The minimum Gasteiger partial charge on any atom is -0.311 e. The van der Waals surface area contributed by atoms with Crippen LogP contribution in [0.3, 0.4) is 0 Å². The van der Waals surface area contributed by atoms with Crippen molar-refractivity contribution in [2.24, 2.45) is 5.92 Å². The Balaban J connectivity index is 1.40. The number of aromatic nitrogens is 2. The van der Waals surface area contributed by atoms with Crippen LogP contribution < -0.4 is 5.32 Å². The number of carbonyl (C=O) groups excluding carboxylic acids is 1. The zero-order valence-corrected chi connectivity index (χ0v) is 19.8. The summed E-state index contributed by atoms with van der Waals surface area (Å²) in [6.07, 6.45) is 1.31. The molecule has 3 heterocycles. The molecule has 174 valence electrons. The second kappa shape index (κ2) is 8.60. The lowest BCUT2D eigenvalue weighted by molar-refractivity contribution is -0.121. The van der Waals surface area contributed by atoms with Gasteiger partial charge in [0.25, 0.3) is 0 Å². The number of nitrogens with zero attached hydrogens (tertiary/aromatic N) is 3. The highest BCUT2D eigenvalue weighted by atomic mass is 32.2. The lowest BCUT2D eigenvalue weighted by Crippen LogP contribution is -2.41. The van der Waals surface area contributed by atoms with E-state index in [-0.39, 0.29) is 47.4 Å². The fraction of sp³-hybridized carbons (Fsp3) is 0.524. The highest BCUT2D eigenvalue weighted by Gasteiger charge is 2.34. The molecule has 9 nitrogen and oxygen atoms in total. The van der Waals surface area contributed by atoms with Crippen molar-refractivity contribution in [2.45, 2.75) is 44.0 Å². The van der Waals surface area contributed by atoms with Crippen LogP contribution in [0.2, 0.25) is 0 Å². The molecule has 0 bridgehead atoms. The largest absolute Gasteiger partial charge is 0.311 e. The predicted octanol–water partition coefficient (Wildman–Crippen LogP) is 1.90. The third-order valence-electron chi connectivity index (χ3n) is 6.15. The molecule has 0 aliphatic carbocycles. The number of sulfonamides is 1. The number of sulfone groups is 1. The molecule has 2 aliphatic rings. The Morgan fingerprint density at radius 3 is 2.34 bits per heavy atom. The minimum atomic E-state index is -3.58. The predicted molar refractivity (Wildman–Crippen MR) is 121 cm³/mol. The van der Waals surface area contributed by atoms with Crippen molar-refractivity contribution < 1.29 is 21.6 Å². The fourth-order valence-electron chi connectivity index (χ4n) is 4.30. The zero-order valence-electron chi connectivity index (χ0n) is 18.2. The van der Waals surface area contributed by atoms with Gasteiger partial charge in [0.15, 0.2) is 9.84 Å². The van der Waals surface area contributed by atoms with Crippen LogP contribution in [0, 0.1) is 19.8 Å². The average molecular weight is 481 g/mol. The molecule has 1 aromatic carbocycles. The summed E-state index contributed by atoms with van der Waals surface area (Å²) in [6, 6.07) is 8.21. The van der Waals surface area contributed by atoms with Crippen LogP contribution in [-0.4, -0.2) is 61.4 Å². The van der Waals surface area contributed by atoms with E-state index in [9.17, 15) is 21.6 Å². The van der Waals surface area contributed by atoms with Gasteiger partial charge in [0.05, 0.1) is 28.1 Å². The number of aryl methyl sites for hydroxylation is 2. The Morgan fingerprint density at radius 2 is 1.75 bits per heavy atom. The van der Waals surface area contributed by atoms with E-state index in [0.29, 0.717) is 30.8 Å². The van der Waals surface area contributed by atoms with Crippen LogP contribution in [0.4, 0.5) is 5.82 Å². The van der Waals surface area contributed by atoms with Gasteiger partial charge in [-0.1, -0.05) is 17.7 Å². The van der Waals surface area contributed by atoms with Gasteiger partial charge >= 0.3 is 0 Å². The molecule has 1 aromatic heterocycles. The Bertz CT molecular complexity index is 1210. The quantitative estimate of drug-likeness (QED) is 0.698. The number of piperidine rings is 1. The molecule has 2 saturated heterocycles. The van der Waals surface area contributed by atoms with Gasteiger partial charge in [-0.15, -0.1) is 0 Å². The zero-order chi connectivity index (χ0) is 23.1. The van der Waals surface area contributed by atoms with E-state index < -0.39 is 19.9 Å². The van der Waals surface area contributed by atoms with Gasteiger partial charge in [-0.3, -0.25) is 4.79 Å². The van der Waals surface area contributed by atoms with E-state index in [2.05, 4.69) is 10.4 Å². The van der Waals surface area contributed by atoms with Gasteiger partial charge < -0.3 is 5.32 Å². The summed E-state index contributed by atoms with van der Waals surface area (Å²) >= 11 is 0. The first kappa shape index (κ1) is 22.9. The number of amides is 1. The summed E-state index contributed by atoms with van der Waals surface area (Å²) in [5, 5.41) is 7.29. The lowest BCUT2D eigenvalue weighted by Gasteiger charge is -2.30. The molecule has 11 heteroatoms. The highest BCUT2D eigenvalue weighted by molar-refractivity contribution is 7.91. The third-order valence-corrected chi connectivity index (χ3v) is 9.81. The number of nitrogens with one attached hydrogen (secondary N) is 1. The second-order valence-corrected chi connectivity index (χ2v) is 12.8. The van der Waals surface area contributed by atoms with Crippen LogP contribution >= 0.6 is 0 Å². The molecule has 2 fully saturated rings. The minimum absolute atomic E-state index is 0.0201. The fourth-order valence-corrected chi connectivity index (χ4v) is 7.46. The van der Waals surface area contributed by atoms with Gasteiger partial charge in [0.1, 0.15) is 5.82 Å². The summed E-state index contributed by atoms with van der Waals surface area (Å²) in [5.41, 5.74) is 1.69. The third kappa shape index (κ3) is 4.74. The molecule has 4 rings (SSSR count). The van der Waals surface area contributed by atoms with Crippen molar-refractivity contribution in [1.29, 1.82) is 0 Å². The van der Waals surface area contributed by atoms with Crippen LogP contribution in [0.5, 0.6) is 0 Å². The van der Waals surface area contributed by atoms with Crippen molar-refractivity contribution in [1.82, 2.24) is 14.1 Å². The summed E-state index contributed by atoms with van der Waals surface area (Å²) in [4.78, 5) is 13.2. The first-order valence-corrected chi connectivity index (χ1v) is 14.0. The number of hydrogen-bond acceptors (Lipinski definition) is 6. The van der Waals surface area contributed by atoms with Gasteiger partial charge in [-0.05, 0) is 45.2 Å². The van der Waals surface area contributed by atoms with Gasteiger partial charge in [0.2, 0.25) is 15.9 Å². The van der Waals surface area contributed by atoms with Gasteiger partial charge in [0, 0.05) is 25.1 Å². The molecule has 1 unspecified atom stereocenters. The molecule has 32 heavy (non-hydrogen) atoms. The van der Waals surface area contributed by atoms with Crippen molar-refractivity contribution in [3.63, 3.8) is 0 Å². The normalized spacial score (nSPS) is 22.1. The van der Waals surface area contributed by atoms with Gasteiger partial charge in [-0.2, -0.15) is 9.40 Å². The van der Waals surface area contributed by atoms with E-state index in [1.54, 1.807) is 41.9 Å². The molecular formula is C21H28N4O5S2. The summed E-state index contributed by atoms with van der Waals surface area (Å²) in [5.74, 6) is 0.114. The van der Waals surface area contributed by atoms with E-state index in [0.717, 1.165) is 5.56 Å². The SMILES string of the molecule is Cc1ccc(S(=O)(=O)N2CCC(C(=O)Nc3cc(C)nn3C3CCS(=O)(=O)C3)CC2)cc1. The molecule has 2 aromatic rings. The van der Waals surface area contributed by atoms with Gasteiger partial charge in [-0.25, -0.2) is 21.5 Å². The van der Waals surface area contributed by atoms with E-state index in [4.69, 9.17) is 0 Å². The summed E-state index contributed by atoms with van der Waals surface area (Å²) < 4.78 is 52.5. The molecule has 0 radical (unpaired) electrons. The second-order valence-electron chi connectivity index (χ2n) is 8.65. The van der Waals surface area contributed by atoms with Crippen LogP contribution in [-0.2, 0) is 24.7 Å². The van der Waals surface area contributed by atoms with Crippen molar-refractivity contribution in [3.8, 4) is 0 Å². The lowest BCUT2D eigenvalue weighted by atomic mass is 9.97. The smallest absolute Gasteiger partial charge is 0.243 e. The van der Waals surface area contributed by atoms with Crippen molar-refractivity contribution in [2.75, 3.05) is 29.9 Å². The van der Waals surface area contributed by atoms with Crippen molar-refractivity contribution >= 4 is 31.6 Å². The molecular weight excluding hydrogens is 452 g/mol. The highest BCUT2D eigenvalue weighted by Crippen LogP contribution is 2.29. The Labute approximate surface area is 188 Å². The summed E-state index contributed by atoms with van der Waals surface area (Å²) in [7, 11) is -6.66. The maximum absolute atomic E-state index is 12.9. The average Bonchev–Trinajstić information content (AvgIpc) is 3.29. The number of anilines is 1. The van der Waals surface area contributed by atoms with Crippen LogP contribution in [0.25, 0.3) is 0 Å². The van der Waals surface area contributed by atoms with E-state index >= 15 is 0 Å². The maximum atomic E-state index is 12.9. The monoisotopic (exact) mass is 480 g/mol. The maximum Gasteiger partial charge on any atom is 0.243 e. The Kier molecular flexibility index (Phi) is 6.17. The number of hydrogen-bond donors (Lipinski definition) is 1. The number of benzene rings is 1. The standard InChI is InChI=1S/C21H28N4O5S2/c1-15-3-5-19(6-4-15)32(29,30)24-10-7-17(8-11-24)21(26)22-20-13-16(2)23-25(20)18-9-12-31(27,28)14-18/h3-6,13,17-18H,7-12,14H2,1-2H3,(H,22,26). The summed E-state index contributed by atoms with van der Waals surface area (Å²) in [6.45, 7) is 4.24. The Hall–Kier alpha value is -2.24. The number of rotatable bonds is 5. The van der Waals surface area contributed by atoms with Crippen LogP contribution in [0.1, 0.15) is 36.6 Å². The first-order valence-electron chi connectivity index (χ1n) is 10.7. The van der Waals surface area contributed by atoms with Crippen molar-refractivity contribution in [3.05, 3.63) is 41.6 Å². The molecule has 1 amide bonds. The number of carbonyl (C=O) groups is 1. The molecule has 2 aliphatic heterocycles. The molecule has 1 N–H and O–H groups in total. The molecule has 0 spiro atoms. The topological polar surface area (TPSA) is 118 Å². The van der Waals surface area contributed by atoms with E-state index in [1.807, 2.05) is 6.92 Å². The van der Waals surface area contributed by atoms with E-state index in [1.165, 1.54) is 4.31 Å². The molecule has 0 saturated carbocycles. The first-order chi connectivity index (χ1) is 15.0.